The Hall–Kier alpha value is -5.86. The molecule has 1 heterocycles. The summed E-state index contributed by atoms with van der Waals surface area (Å²) >= 11 is 0. The zero-order chi connectivity index (χ0) is 31.5. The standard InChI is InChI=1S/C45H34N2/c1-45(2)38-29-33(31-17-7-3-8-18-31)27-28-36(38)42-39(45)30-37(32-19-9-4-10-20-32)43-44(42)47(35-23-13-6-14-24-35)41-26-16-15-25-40(41)46(43)34-21-11-5-12-22-34/h3-30H,1-2H3. The van der Waals surface area contributed by atoms with E-state index in [9.17, 15) is 0 Å². The number of nitrogens with zero attached hydrogens (tertiary/aromatic N) is 2. The first-order valence-electron chi connectivity index (χ1n) is 16.4. The van der Waals surface area contributed by atoms with Gasteiger partial charge in [0.05, 0.1) is 22.7 Å². The summed E-state index contributed by atoms with van der Waals surface area (Å²) in [7, 11) is 0. The van der Waals surface area contributed by atoms with Crippen molar-refractivity contribution in [3.05, 3.63) is 181 Å². The maximum absolute atomic E-state index is 2.51. The molecule has 0 N–H and O–H groups in total. The van der Waals surface area contributed by atoms with Crippen molar-refractivity contribution < 1.29 is 0 Å². The van der Waals surface area contributed by atoms with Gasteiger partial charge in [0, 0.05) is 27.9 Å². The highest BCUT2D eigenvalue weighted by atomic mass is 15.3. The van der Waals surface area contributed by atoms with E-state index in [-0.39, 0.29) is 5.41 Å². The zero-order valence-corrected chi connectivity index (χ0v) is 26.6. The molecule has 47 heavy (non-hydrogen) atoms. The summed E-state index contributed by atoms with van der Waals surface area (Å²) in [6.45, 7) is 4.79. The lowest BCUT2D eigenvalue weighted by Gasteiger charge is -2.43. The van der Waals surface area contributed by atoms with Crippen LogP contribution in [0.25, 0.3) is 33.4 Å². The molecule has 7 aromatic carbocycles. The molecule has 2 aliphatic rings. The Labute approximate surface area is 276 Å². The molecule has 7 aromatic rings. The Kier molecular flexibility index (Phi) is 6.20. The molecule has 0 radical (unpaired) electrons. The molecule has 1 aliphatic heterocycles. The number of anilines is 6. The molecule has 0 aromatic heterocycles. The van der Waals surface area contributed by atoms with Gasteiger partial charge in [-0.1, -0.05) is 135 Å². The molecule has 224 valence electrons. The van der Waals surface area contributed by atoms with Crippen LogP contribution in [-0.4, -0.2) is 0 Å². The van der Waals surface area contributed by atoms with Crippen LogP contribution in [0.2, 0.25) is 0 Å². The minimum Gasteiger partial charge on any atom is -0.306 e. The second kappa shape index (κ2) is 10.6. The van der Waals surface area contributed by atoms with Crippen LogP contribution in [0, 0.1) is 0 Å². The van der Waals surface area contributed by atoms with Crippen LogP contribution in [-0.2, 0) is 5.41 Å². The first-order chi connectivity index (χ1) is 23.1. The number of fused-ring (bicyclic) bond motifs is 6. The Morgan fingerprint density at radius 1 is 0.383 bits per heavy atom. The number of benzene rings is 7. The summed E-state index contributed by atoms with van der Waals surface area (Å²) in [5, 5.41) is 0. The molecule has 0 bridgehead atoms. The summed E-state index contributed by atoms with van der Waals surface area (Å²) < 4.78 is 0. The first kappa shape index (κ1) is 27.5. The fourth-order valence-electron chi connectivity index (χ4n) is 7.71. The van der Waals surface area contributed by atoms with Gasteiger partial charge in [0.2, 0.25) is 0 Å². The minimum absolute atomic E-state index is 0.217. The van der Waals surface area contributed by atoms with Crippen LogP contribution in [0.3, 0.4) is 0 Å². The van der Waals surface area contributed by atoms with Crippen LogP contribution >= 0.6 is 0 Å². The van der Waals surface area contributed by atoms with Crippen molar-refractivity contribution in [2.24, 2.45) is 0 Å². The Balaban J connectivity index is 1.44. The fourth-order valence-corrected chi connectivity index (χ4v) is 7.71. The molecular formula is C45H34N2. The number of rotatable bonds is 4. The third-order valence-corrected chi connectivity index (χ3v) is 9.94. The van der Waals surface area contributed by atoms with Crippen molar-refractivity contribution in [2.75, 3.05) is 9.80 Å². The third-order valence-electron chi connectivity index (χ3n) is 9.94. The van der Waals surface area contributed by atoms with E-state index in [0.717, 1.165) is 22.7 Å². The predicted molar refractivity (Wildman–Crippen MR) is 198 cm³/mol. The monoisotopic (exact) mass is 602 g/mol. The molecule has 0 unspecified atom stereocenters. The van der Waals surface area contributed by atoms with E-state index in [2.05, 4.69) is 194 Å². The minimum atomic E-state index is -0.217. The Morgan fingerprint density at radius 3 is 1.45 bits per heavy atom. The lowest BCUT2D eigenvalue weighted by Crippen LogP contribution is -2.26. The van der Waals surface area contributed by atoms with Crippen molar-refractivity contribution in [3.8, 4) is 33.4 Å². The van der Waals surface area contributed by atoms with Gasteiger partial charge in [-0.2, -0.15) is 0 Å². The molecule has 0 spiro atoms. The van der Waals surface area contributed by atoms with Gasteiger partial charge in [-0.15, -0.1) is 0 Å². The van der Waals surface area contributed by atoms with E-state index >= 15 is 0 Å². The maximum atomic E-state index is 2.51. The van der Waals surface area contributed by atoms with Gasteiger partial charge >= 0.3 is 0 Å². The summed E-state index contributed by atoms with van der Waals surface area (Å²) in [4.78, 5) is 4.99. The lowest BCUT2D eigenvalue weighted by atomic mass is 9.80. The maximum Gasteiger partial charge on any atom is 0.0791 e. The van der Waals surface area contributed by atoms with E-state index in [4.69, 9.17) is 0 Å². The van der Waals surface area contributed by atoms with Crippen LogP contribution in [0.1, 0.15) is 25.0 Å². The van der Waals surface area contributed by atoms with E-state index < -0.39 is 0 Å². The fraction of sp³-hybridized carbons (Fsp3) is 0.0667. The van der Waals surface area contributed by atoms with Gasteiger partial charge in [-0.25, -0.2) is 0 Å². The molecular weight excluding hydrogens is 569 g/mol. The SMILES string of the molecule is CC1(C)c2cc(-c3ccccc3)ccc2-c2c1cc(-c1ccccc1)c1c2N(c2ccccc2)c2ccccc2N1c1ccccc1. The Morgan fingerprint density at radius 2 is 0.872 bits per heavy atom. The number of hydrogen-bond donors (Lipinski definition) is 0. The highest BCUT2D eigenvalue weighted by Crippen LogP contribution is 2.64. The van der Waals surface area contributed by atoms with Gasteiger partial charge < -0.3 is 9.80 Å². The zero-order valence-electron chi connectivity index (χ0n) is 26.6. The highest BCUT2D eigenvalue weighted by molar-refractivity contribution is 6.13. The van der Waals surface area contributed by atoms with Crippen molar-refractivity contribution >= 4 is 34.1 Å². The average molecular weight is 603 g/mol. The lowest BCUT2D eigenvalue weighted by molar-refractivity contribution is 0.661. The van der Waals surface area contributed by atoms with E-state index in [0.29, 0.717) is 0 Å². The molecule has 0 saturated carbocycles. The molecule has 0 saturated heterocycles. The van der Waals surface area contributed by atoms with Gasteiger partial charge in [0.15, 0.2) is 0 Å². The van der Waals surface area contributed by atoms with Gasteiger partial charge in [0.25, 0.3) is 0 Å². The molecule has 0 fully saturated rings. The van der Waals surface area contributed by atoms with E-state index in [1.807, 2.05) is 0 Å². The van der Waals surface area contributed by atoms with Crippen molar-refractivity contribution in [1.29, 1.82) is 0 Å². The second-order valence-electron chi connectivity index (χ2n) is 13.0. The largest absolute Gasteiger partial charge is 0.306 e. The predicted octanol–water partition coefficient (Wildman–Crippen LogP) is 12.6. The van der Waals surface area contributed by atoms with Crippen molar-refractivity contribution in [1.82, 2.24) is 0 Å². The number of hydrogen-bond acceptors (Lipinski definition) is 2. The van der Waals surface area contributed by atoms with Gasteiger partial charge in [0.1, 0.15) is 0 Å². The van der Waals surface area contributed by atoms with Crippen LogP contribution in [0.5, 0.6) is 0 Å². The third kappa shape index (κ3) is 4.18. The molecule has 0 amide bonds. The smallest absolute Gasteiger partial charge is 0.0791 e. The first-order valence-corrected chi connectivity index (χ1v) is 16.4. The summed E-state index contributed by atoms with van der Waals surface area (Å²) in [6, 6.07) is 61.8. The molecule has 2 nitrogen and oxygen atoms in total. The Bertz CT molecular complexity index is 2260. The quantitative estimate of drug-likeness (QED) is 0.198. The van der Waals surface area contributed by atoms with Crippen LogP contribution in [0.15, 0.2) is 170 Å². The second-order valence-corrected chi connectivity index (χ2v) is 13.0. The molecule has 9 rings (SSSR count). The van der Waals surface area contributed by atoms with Crippen LogP contribution < -0.4 is 9.80 Å². The highest BCUT2D eigenvalue weighted by Gasteiger charge is 2.43. The molecule has 0 atom stereocenters. The molecule has 1 aliphatic carbocycles. The summed E-state index contributed by atoms with van der Waals surface area (Å²) in [5.41, 5.74) is 17.0. The van der Waals surface area contributed by atoms with Crippen LogP contribution in [0.4, 0.5) is 34.1 Å². The van der Waals surface area contributed by atoms with Crippen molar-refractivity contribution in [3.63, 3.8) is 0 Å². The van der Waals surface area contributed by atoms with E-state index in [1.54, 1.807) is 0 Å². The topological polar surface area (TPSA) is 6.48 Å². The summed E-state index contributed by atoms with van der Waals surface area (Å²) in [5.74, 6) is 0. The average Bonchev–Trinajstić information content (AvgIpc) is 3.37. The summed E-state index contributed by atoms with van der Waals surface area (Å²) in [6.07, 6.45) is 0. The van der Waals surface area contributed by atoms with Gasteiger partial charge in [-0.05, 0) is 81.9 Å². The van der Waals surface area contributed by atoms with E-state index in [1.165, 1.54) is 55.9 Å². The van der Waals surface area contributed by atoms with Crippen molar-refractivity contribution in [2.45, 2.75) is 19.3 Å². The normalized spacial score (nSPS) is 13.8. The number of para-hydroxylation sites is 4. The molecule has 2 heteroatoms. The van der Waals surface area contributed by atoms with Gasteiger partial charge in [-0.3, -0.25) is 0 Å².